The molecule has 0 heterocycles. The number of carbonyl (C=O) groups excluding carboxylic acids is 4. The Morgan fingerprint density at radius 2 is 0.857 bits per heavy atom. The van der Waals surface area contributed by atoms with E-state index in [0.717, 1.165) is 12.2 Å². The lowest BCUT2D eigenvalue weighted by molar-refractivity contribution is -0.116. The van der Waals surface area contributed by atoms with Crippen molar-refractivity contribution in [2.24, 2.45) is 0 Å². The topological polar surface area (TPSA) is 225 Å². The fourth-order valence-electron chi connectivity index (χ4n) is 3.58. The molecule has 0 aromatic heterocycles. The Bertz CT molecular complexity index is 1530. The molecule has 0 radical (unpaired) electrons. The molecular weight excluding hydrogens is 592 g/mol. The van der Waals surface area contributed by atoms with Gasteiger partial charge in [-0.25, -0.2) is 0 Å². The number of rotatable bonds is 12. The van der Waals surface area contributed by atoms with Gasteiger partial charge in [0.2, 0.25) is 23.6 Å². The van der Waals surface area contributed by atoms with E-state index in [1.165, 1.54) is 38.1 Å². The third-order valence-corrected chi connectivity index (χ3v) is 7.61. The van der Waals surface area contributed by atoms with E-state index in [0.29, 0.717) is 0 Å². The highest BCUT2D eigenvalue weighted by Gasteiger charge is 2.27. The third-order valence-electron chi connectivity index (χ3n) is 5.70. The molecule has 0 bridgehead atoms. The van der Waals surface area contributed by atoms with Gasteiger partial charge >= 0.3 is 0 Å². The Kier molecular flexibility index (Phi) is 11.5. The van der Waals surface area contributed by atoms with E-state index < -0.39 is 65.0 Å². The van der Waals surface area contributed by atoms with Crippen molar-refractivity contribution in [3.63, 3.8) is 0 Å². The minimum Gasteiger partial charge on any atom is -0.324 e. The first-order valence-electron chi connectivity index (χ1n) is 12.7. The summed E-state index contributed by atoms with van der Waals surface area (Å²) in [7, 11) is -10.1. The number of amides is 4. The van der Waals surface area contributed by atoms with Crippen LogP contribution in [0.1, 0.15) is 64.5 Å². The van der Waals surface area contributed by atoms with Crippen LogP contribution in [-0.2, 0) is 39.4 Å². The molecule has 0 aliphatic carbocycles. The first-order valence-corrected chi connectivity index (χ1v) is 15.6. The molecule has 16 heteroatoms. The molecule has 0 saturated heterocycles. The standard InChI is InChI=1S/C26H32N4O10S2/c1-5-19(31)27-17-13-11-15(25(41(35,36)37)23(17)29-21(33)7-3)9-10-16-12-14-18(28-20(32)6-2)24(30-22(34)8-4)26(16)42(38,39)40/h9-14H,5-8H2,1-4H3,(H,27,31)(H,28,32)(H,29,33)(H,30,34)(H,35,36,37)(H,38,39,40)/b10-9+. The maximum absolute atomic E-state index is 12.5. The van der Waals surface area contributed by atoms with Crippen molar-refractivity contribution >= 4 is 78.8 Å². The summed E-state index contributed by atoms with van der Waals surface area (Å²) in [6.07, 6.45) is 2.06. The number of nitrogens with one attached hydrogen (secondary N) is 4. The van der Waals surface area contributed by atoms with Crippen molar-refractivity contribution in [1.82, 2.24) is 0 Å². The molecule has 14 nitrogen and oxygen atoms in total. The summed E-state index contributed by atoms with van der Waals surface area (Å²) in [5, 5.41) is 9.61. The van der Waals surface area contributed by atoms with E-state index in [4.69, 9.17) is 0 Å². The van der Waals surface area contributed by atoms with Gasteiger partial charge in [0, 0.05) is 25.7 Å². The molecule has 2 aromatic carbocycles. The third kappa shape index (κ3) is 8.69. The number of carbonyl (C=O) groups is 4. The highest BCUT2D eigenvalue weighted by Crippen LogP contribution is 2.37. The lowest BCUT2D eigenvalue weighted by atomic mass is 10.1. The normalized spacial score (nSPS) is 11.7. The summed E-state index contributed by atoms with van der Waals surface area (Å²) in [6, 6.07) is 4.92. The lowest BCUT2D eigenvalue weighted by Crippen LogP contribution is -2.19. The van der Waals surface area contributed by atoms with Crippen LogP contribution in [0.25, 0.3) is 12.2 Å². The molecule has 42 heavy (non-hydrogen) atoms. The van der Waals surface area contributed by atoms with E-state index in [-0.39, 0.29) is 48.2 Å². The van der Waals surface area contributed by atoms with Gasteiger partial charge in [-0.2, -0.15) is 16.8 Å². The summed E-state index contributed by atoms with van der Waals surface area (Å²) in [4.78, 5) is 46.9. The van der Waals surface area contributed by atoms with Crippen molar-refractivity contribution in [3.05, 3.63) is 35.4 Å². The van der Waals surface area contributed by atoms with Crippen LogP contribution in [0.5, 0.6) is 0 Å². The predicted octanol–water partition coefficient (Wildman–Crippen LogP) is 3.74. The fourth-order valence-corrected chi connectivity index (χ4v) is 5.29. The molecule has 0 aliphatic heterocycles. The van der Waals surface area contributed by atoms with Gasteiger partial charge in [-0.05, 0) is 23.3 Å². The summed E-state index contributed by atoms with van der Waals surface area (Å²) in [5.74, 6) is -2.30. The van der Waals surface area contributed by atoms with E-state index in [1.807, 2.05) is 0 Å². The highest BCUT2D eigenvalue weighted by atomic mass is 32.2. The average Bonchev–Trinajstić information content (AvgIpc) is 2.91. The van der Waals surface area contributed by atoms with Crippen molar-refractivity contribution in [1.29, 1.82) is 0 Å². The van der Waals surface area contributed by atoms with Crippen LogP contribution in [0.4, 0.5) is 22.7 Å². The molecule has 2 rings (SSSR count). The lowest BCUT2D eigenvalue weighted by Gasteiger charge is -2.18. The fraction of sp³-hybridized carbons (Fsp3) is 0.308. The first-order chi connectivity index (χ1) is 19.6. The Balaban J connectivity index is 2.89. The largest absolute Gasteiger partial charge is 0.324 e. The van der Waals surface area contributed by atoms with E-state index in [1.54, 1.807) is 13.8 Å². The van der Waals surface area contributed by atoms with E-state index in [9.17, 15) is 45.1 Å². The SMILES string of the molecule is CCC(=O)Nc1ccc(/C=C/c2ccc(NC(=O)CC)c(NC(=O)CC)c2S(=O)(=O)O)c(S(=O)(=O)O)c1NC(=O)CC. The predicted molar refractivity (Wildman–Crippen MR) is 157 cm³/mol. The Morgan fingerprint density at radius 1 is 0.571 bits per heavy atom. The molecule has 0 spiro atoms. The molecule has 0 atom stereocenters. The molecule has 2 aromatic rings. The number of hydrogen-bond donors (Lipinski definition) is 6. The van der Waals surface area contributed by atoms with Gasteiger partial charge in [-0.3, -0.25) is 28.3 Å². The zero-order chi connectivity index (χ0) is 31.8. The Labute approximate surface area is 243 Å². The zero-order valence-electron chi connectivity index (χ0n) is 23.3. The van der Waals surface area contributed by atoms with Crippen LogP contribution < -0.4 is 21.3 Å². The maximum Gasteiger partial charge on any atom is 0.297 e. The summed E-state index contributed by atoms with van der Waals surface area (Å²) < 4.78 is 70.2. The van der Waals surface area contributed by atoms with Crippen LogP contribution in [0.3, 0.4) is 0 Å². The first kappa shape index (κ1) is 34.1. The number of hydrogen-bond acceptors (Lipinski definition) is 8. The van der Waals surface area contributed by atoms with Crippen LogP contribution >= 0.6 is 0 Å². The molecule has 0 saturated carbocycles. The minimum absolute atomic E-state index is 0.0219. The smallest absolute Gasteiger partial charge is 0.297 e. The van der Waals surface area contributed by atoms with Gasteiger partial charge < -0.3 is 21.3 Å². The van der Waals surface area contributed by atoms with Gasteiger partial charge in [0.1, 0.15) is 9.79 Å². The molecular formula is C26H32N4O10S2. The zero-order valence-corrected chi connectivity index (χ0v) is 24.9. The molecule has 4 amide bonds. The maximum atomic E-state index is 12.5. The molecule has 0 aliphatic rings. The molecule has 0 fully saturated rings. The summed E-state index contributed by atoms with van der Waals surface area (Å²) in [5.41, 5.74) is -1.54. The van der Waals surface area contributed by atoms with Crippen LogP contribution in [-0.4, -0.2) is 49.6 Å². The van der Waals surface area contributed by atoms with E-state index >= 15 is 0 Å². The van der Waals surface area contributed by atoms with Crippen LogP contribution in [0, 0.1) is 0 Å². The van der Waals surface area contributed by atoms with Gasteiger partial charge in [0.05, 0.1) is 22.7 Å². The van der Waals surface area contributed by atoms with Gasteiger partial charge in [0.15, 0.2) is 0 Å². The summed E-state index contributed by atoms with van der Waals surface area (Å²) >= 11 is 0. The highest BCUT2D eigenvalue weighted by molar-refractivity contribution is 7.86. The average molecular weight is 625 g/mol. The van der Waals surface area contributed by atoms with Crippen molar-refractivity contribution in [2.75, 3.05) is 21.3 Å². The second-order valence-corrected chi connectivity index (χ2v) is 11.4. The second kappa shape index (κ2) is 14.2. The summed E-state index contributed by atoms with van der Waals surface area (Å²) in [6.45, 7) is 6.08. The second-order valence-electron chi connectivity index (χ2n) is 8.70. The van der Waals surface area contributed by atoms with Crippen molar-refractivity contribution in [3.8, 4) is 0 Å². The van der Waals surface area contributed by atoms with Crippen molar-refractivity contribution < 1.29 is 45.1 Å². The van der Waals surface area contributed by atoms with Gasteiger partial charge in [0.25, 0.3) is 20.2 Å². The van der Waals surface area contributed by atoms with Crippen LogP contribution in [0.2, 0.25) is 0 Å². The Morgan fingerprint density at radius 3 is 1.12 bits per heavy atom. The van der Waals surface area contributed by atoms with Gasteiger partial charge in [-0.15, -0.1) is 0 Å². The molecule has 228 valence electrons. The quantitative estimate of drug-likeness (QED) is 0.148. The number of anilines is 4. The monoisotopic (exact) mass is 624 g/mol. The van der Waals surface area contributed by atoms with E-state index in [2.05, 4.69) is 21.3 Å². The van der Waals surface area contributed by atoms with Crippen molar-refractivity contribution in [2.45, 2.75) is 63.2 Å². The minimum atomic E-state index is -5.07. The van der Waals surface area contributed by atoms with Crippen LogP contribution in [0.15, 0.2) is 34.1 Å². The molecule has 6 N–H and O–H groups in total. The Hall–Kier alpha value is -4.12. The number of benzene rings is 2. The van der Waals surface area contributed by atoms with Gasteiger partial charge in [-0.1, -0.05) is 52.0 Å². The molecule has 0 unspecified atom stereocenters.